The van der Waals surface area contributed by atoms with Gasteiger partial charge in [0.2, 0.25) is 0 Å². The van der Waals surface area contributed by atoms with E-state index in [1.807, 2.05) is 0 Å². The van der Waals surface area contributed by atoms with Crippen molar-refractivity contribution in [2.75, 3.05) is 26.7 Å². The minimum absolute atomic E-state index is 0.334. The van der Waals surface area contributed by atoms with Crippen LogP contribution in [0, 0.1) is 11.2 Å². The first-order valence-electron chi connectivity index (χ1n) is 5.06. The minimum Gasteiger partial charge on any atom is -0.392 e. The van der Waals surface area contributed by atoms with Gasteiger partial charge in [-0.05, 0) is 39.7 Å². The van der Waals surface area contributed by atoms with E-state index < -0.39 is 0 Å². The van der Waals surface area contributed by atoms with E-state index in [0.29, 0.717) is 13.3 Å². The minimum atomic E-state index is -0.338. The Hall–Kier alpha value is -0.565. The van der Waals surface area contributed by atoms with Crippen LogP contribution in [0.2, 0.25) is 12.6 Å². The third kappa shape index (κ3) is 6.90. The Labute approximate surface area is 86.8 Å². The van der Waals surface area contributed by atoms with E-state index in [0.717, 1.165) is 25.7 Å². The molecule has 3 N–H and O–H groups in total. The highest BCUT2D eigenvalue weighted by atomic mass is 16.3. The molecule has 1 unspecified atom stereocenters. The number of hydrogen-bond donors (Lipinski definition) is 2. The van der Waals surface area contributed by atoms with Crippen molar-refractivity contribution < 1.29 is 5.11 Å². The maximum absolute atomic E-state index is 8.51. The highest BCUT2D eigenvalue weighted by Gasteiger charge is 2.19. The van der Waals surface area contributed by atoms with Gasteiger partial charge in [0.1, 0.15) is 0 Å². The summed E-state index contributed by atoms with van der Waals surface area (Å²) in [5.41, 5.74) is 4.92. The molecule has 0 bridgehead atoms. The molecule has 1 fully saturated rings. The summed E-state index contributed by atoms with van der Waals surface area (Å²) in [6, 6.07) is 0. The van der Waals surface area contributed by atoms with Crippen LogP contribution in [-0.2, 0) is 0 Å². The van der Waals surface area contributed by atoms with Crippen LogP contribution in [0.1, 0.15) is 6.92 Å². The van der Waals surface area contributed by atoms with E-state index in [1.54, 1.807) is 6.92 Å². The number of aliphatic hydroxyl groups is 1. The summed E-state index contributed by atoms with van der Waals surface area (Å²) in [7, 11) is 2.10. The summed E-state index contributed by atoms with van der Waals surface area (Å²) in [4.78, 5) is 2.27. The summed E-state index contributed by atoms with van der Waals surface area (Å²) >= 11 is 0. The lowest BCUT2D eigenvalue weighted by Crippen LogP contribution is -2.33. The van der Waals surface area contributed by atoms with Crippen LogP contribution in [0.5, 0.6) is 0 Å². The van der Waals surface area contributed by atoms with Crippen molar-refractivity contribution in [1.29, 1.82) is 5.26 Å². The number of nitriles is 1. The van der Waals surface area contributed by atoms with Crippen LogP contribution in [0.25, 0.3) is 0 Å². The van der Waals surface area contributed by atoms with E-state index >= 15 is 0 Å². The molecule has 0 aliphatic carbocycles. The zero-order chi connectivity index (χ0) is 11.0. The number of rotatable bonds is 1. The van der Waals surface area contributed by atoms with Crippen LogP contribution in [-0.4, -0.2) is 49.5 Å². The van der Waals surface area contributed by atoms with Crippen molar-refractivity contribution in [3.05, 3.63) is 0 Å². The van der Waals surface area contributed by atoms with E-state index in [-0.39, 0.29) is 6.10 Å². The molecule has 5 heteroatoms. The predicted octanol–water partition coefficient (Wildman–Crippen LogP) is -0.185. The Balaban J connectivity index is 0.000000292. The Kier molecular flexibility index (Phi) is 7.49. The fourth-order valence-corrected chi connectivity index (χ4v) is 1.14. The molecular formula is C9H20BN3O. The Morgan fingerprint density at radius 1 is 1.57 bits per heavy atom. The van der Waals surface area contributed by atoms with Crippen LogP contribution in [0.15, 0.2) is 0 Å². The summed E-state index contributed by atoms with van der Waals surface area (Å²) in [6.07, 6.45) is 1.79. The van der Waals surface area contributed by atoms with E-state index in [1.165, 1.54) is 0 Å². The molecular weight excluding hydrogens is 177 g/mol. The summed E-state index contributed by atoms with van der Waals surface area (Å²) in [5, 5.41) is 16.7. The van der Waals surface area contributed by atoms with Gasteiger partial charge in [0, 0.05) is 12.5 Å². The fraction of sp³-hybridized carbons (Fsp3) is 0.889. The van der Waals surface area contributed by atoms with Crippen LogP contribution >= 0.6 is 0 Å². The van der Waals surface area contributed by atoms with Gasteiger partial charge < -0.3 is 15.7 Å². The van der Waals surface area contributed by atoms with Crippen molar-refractivity contribution in [2.45, 2.75) is 25.7 Å². The second-order valence-electron chi connectivity index (χ2n) is 3.79. The third-order valence-corrected chi connectivity index (χ3v) is 2.24. The first kappa shape index (κ1) is 13.4. The van der Waals surface area contributed by atoms with Gasteiger partial charge in [0.15, 0.2) is 0 Å². The molecule has 0 saturated carbocycles. The van der Waals surface area contributed by atoms with Crippen LogP contribution in [0.4, 0.5) is 0 Å². The molecule has 0 radical (unpaired) electrons. The maximum atomic E-state index is 8.51. The van der Waals surface area contributed by atoms with Crippen molar-refractivity contribution >= 4 is 6.71 Å². The van der Waals surface area contributed by atoms with Gasteiger partial charge in [0.05, 0.1) is 6.10 Å². The monoisotopic (exact) mass is 197 g/mol. The van der Waals surface area contributed by atoms with Gasteiger partial charge in [-0.15, -0.1) is 0 Å². The first-order chi connectivity index (χ1) is 6.60. The Morgan fingerprint density at radius 2 is 2.00 bits per heavy atom. The fourth-order valence-electron chi connectivity index (χ4n) is 1.14. The number of hydrogen-bond acceptors (Lipinski definition) is 4. The molecule has 1 heterocycles. The summed E-state index contributed by atoms with van der Waals surface area (Å²) < 4.78 is 0. The smallest absolute Gasteiger partial charge is 0.270 e. The molecule has 1 rings (SSSR count). The van der Waals surface area contributed by atoms with Crippen molar-refractivity contribution in [3.63, 3.8) is 0 Å². The van der Waals surface area contributed by atoms with Crippen LogP contribution < -0.4 is 5.73 Å². The zero-order valence-corrected chi connectivity index (χ0v) is 9.11. The van der Waals surface area contributed by atoms with Gasteiger partial charge in [0.25, 0.3) is 6.71 Å². The quantitative estimate of drug-likeness (QED) is 0.571. The Morgan fingerprint density at radius 3 is 2.29 bits per heavy atom. The standard InChI is InChI=1S/C6H11BN2.C3H9NO/c1-9-4-2-7(6-8)3-5-9;1-3(5)2-4/h2-5H2,1H3;3,5H,2,4H2,1H3. The van der Waals surface area contributed by atoms with Gasteiger partial charge in [-0.3, -0.25) is 0 Å². The summed E-state index contributed by atoms with van der Waals surface area (Å²) in [6.45, 7) is 4.54. The molecule has 1 atom stereocenters. The molecule has 4 nitrogen and oxygen atoms in total. The molecule has 0 aromatic carbocycles. The van der Waals surface area contributed by atoms with Gasteiger partial charge in [-0.25, -0.2) is 5.26 Å². The highest BCUT2D eigenvalue weighted by molar-refractivity contribution is 6.67. The first-order valence-corrected chi connectivity index (χ1v) is 5.06. The lowest BCUT2D eigenvalue weighted by atomic mass is 9.45. The molecule has 0 aromatic heterocycles. The normalized spacial score (nSPS) is 19.2. The maximum Gasteiger partial charge on any atom is 0.270 e. The average Bonchev–Trinajstić information content (AvgIpc) is 2.20. The van der Waals surface area contributed by atoms with Crippen molar-refractivity contribution in [1.82, 2.24) is 4.90 Å². The predicted molar refractivity (Wildman–Crippen MR) is 59.2 cm³/mol. The lowest BCUT2D eigenvalue weighted by Gasteiger charge is -2.22. The molecule has 0 amide bonds. The molecule has 0 spiro atoms. The molecule has 1 saturated heterocycles. The van der Waals surface area contributed by atoms with Gasteiger partial charge in [-0.1, -0.05) is 0 Å². The second kappa shape index (κ2) is 7.80. The molecule has 1 aliphatic heterocycles. The van der Waals surface area contributed by atoms with Crippen molar-refractivity contribution in [2.24, 2.45) is 5.73 Å². The number of nitrogens with two attached hydrogens (primary N) is 1. The van der Waals surface area contributed by atoms with E-state index in [2.05, 4.69) is 17.9 Å². The second-order valence-corrected chi connectivity index (χ2v) is 3.79. The van der Waals surface area contributed by atoms with Crippen LogP contribution in [0.3, 0.4) is 0 Å². The number of nitrogens with zero attached hydrogens (tertiary/aromatic N) is 2. The zero-order valence-electron chi connectivity index (χ0n) is 9.11. The third-order valence-electron chi connectivity index (χ3n) is 2.24. The average molecular weight is 197 g/mol. The Bertz CT molecular complexity index is 173. The van der Waals surface area contributed by atoms with Gasteiger partial charge >= 0.3 is 0 Å². The molecule has 0 aromatic rings. The molecule has 80 valence electrons. The highest BCUT2D eigenvalue weighted by Crippen LogP contribution is 2.07. The molecule has 1 aliphatic rings. The number of aliphatic hydroxyl groups excluding tert-OH is 1. The summed E-state index contributed by atoms with van der Waals surface area (Å²) in [5.74, 6) is 2.30. The van der Waals surface area contributed by atoms with Gasteiger partial charge in [-0.2, -0.15) is 0 Å². The van der Waals surface area contributed by atoms with E-state index in [4.69, 9.17) is 16.1 Å². The topological polar surface area (TPSA) is 73.3 Å². The SMILES string of the molecule is CC(O)CN.CN1CCB(C#N)CC1. The largest absolute Gasteiger partial charge is 0.392 e. The van der Waals surface area contributed by atoms with Crippen molar-refractivity contribution in [3.8, 4) is 5.97 Å². The van der Waals surface area contributed by atoms with E-state index in [9.17, 15) is 0 Å². The lowest BCUT2D eigenvalue weighted by molar-refractivity contribution is 0.203. The molecule has 14 heavy (non-hydrogen) atoms.